The molecule has 2 aliphatic heterocycles. The van der Waals surface area contributed by atoms with Gasteiger partial charge in [0, 0.05) is 60.8 Å². The first-order valence-electron chi connectivity index (χ1n) is 11.4. The summed E-state index contributed by atoms with van der Waals surface area (Å²) in [7, 11) is 0. The zero-order valence-corrected chi connectivity index (χ0v) is 18.3. The summed E-state index contributed by atoms with van der Waals surface area (Å²) in [5.41, 5.74) is 2.86. The number of nitrogens with one attached hydrogen (secondary N) is 1. The van der Waals surface area contributed by atoms with Gasteiger partial charge >= 0.3 is 0 Å². The zero-order valence-electron chi connectivity index (χ0n) is 18.3. The van der Waals surface area contributed by atoms with Gasteiger partial charge in [-0.25, -0.2) is 9.97 Å². The second-order valence-corrected chi connectivity index (χ2v) is 9.20. The largest absolute Gasteiger partial charge is 0.444 e. The molecule has 0 bridgehead atoms. The van der Waals surface area contributed by atoms with Crippen LogP contribution in [0.2, 0.25) is 0 Å². The third-order valence-electron chi connectivity index (χ3n) is 7.05. The third-order valence-corrected chi connectivity index (χ3v) is 7.05. The van der Waals surface area contributed by atoms with Gasteiger partial charge in [-0.3, -0.25) is 9.78 Å². The van der Waals surface area contributed by atoms with Crippen molar-refractivity contribution < 1.29 is 9.21 Å². The van der Waals surface area contributed by atoms with E-state index in [2.05, 4.69) is 25.2 Å². The van der Waals surface area contributed by atoms with E-state index in [4.69, 9.17) is 4.42 Å². The van der Waals surface area contributed by atoms with Crippen LogP contribution in [0.3, 0.4) is 0 Å². The van der Waals surface area contributed by atoms with Crippen LogP contribution >= 0.6 is 0 Å². The molecule has 0 atom stereocenters. The van der Waals surface area contributed by atoms with Gasteiger partial charge in [-0.2, -0.15) is 0 Å². The number of pyridine rings is 2. The lowest BCUT2D eigenvalue weighted by Crippen LogP contribution is -2.58. The number of carbonyl (C=O) groups excluding carboxylic acids is 1. The Bertz CT molecular complexity index is 1300. The normalized spacial score (nSPS) is 17.3. The van der Waals surface area contributed by atoms with Crippen LogP contribution in [0.4, 0.5) is 5.82 Å². The van der Waals surface area contributed by atoms with Crippen LogP contribution in [0.5, 0.6) is 0 Å². The van der Waals surface area contributed by atoms with Crippen molar-refractivity contribution >= 4 is 22.4 Å². The summed E-state index contributed by atoms with van der Waals surface area (Å²) in [6.07, 6.45) is 9.29. The molecule has 1 spiro atoms. The molecule has 6 rings (SSSR count). The fourth-order valence-corrected chi connectivity index (χ4v) is 4.87. The lowest BCUT2D eigenvalue weighted by molar-refractivity contribution is 0.0991. The van der Waals surface area contributed by atoms with E-state index in [1.165, 1.54) is 19.2 Å². The number of oxazole rings is 1. The molecule has 1 N–H and O–H groups in total. The molecule has 4 aromatic rings. The summed E-state index contributed by atoms with van der Waals surface area (Å²) in [6, 6.07) is 11.7. The number of piperidine rings is 1. The minimum absolute atomic E-state index is 0.0496. The monoisotopic (exact) mass is 439 g/mol. The Kier molecular flexibility index (Phi) is 4.91. The van der Waals surface area contributed by atoms with Crippen molar-refractivity contribution in [3.8, 4) is 11.3 Å². The van der Waals surface area contributed by atoms with Gasteiger partial charge in [0.1, 0.15) is 5.82 Å². The Hall–Kier alpha value is -3.58. The Morgan fingerprint density at radius 2 is 1.91 bits per heavy atom. The first-order valence-corrected chi connectivity index (χ1v) is 11.4. The van der Waals surface area contributed by atoms with Crippen LogP contribution in [0.15, 0.2) is 65.8 Å². The number of rotatable bonds is 5. The molecule has 7 nitrogen and oxygen atoms in total. The maximum atomic E-state index is 13.1. The van der Waals surface area contributed by atoms with E-state index in [1.54, 1.807) is 18.5 Å². The first-order chi connectivity index (χ1) is 16.2. The number of hydrogen-bond donors (Lipinski definition) is 1. The van der Waals surface area contributed by atoms with E-state index in [0.29, 0.717) is 16.7 Å². The maximum absolute atomic E-state index is 13.1. The van der Waals surface area contributed by atoms with Gasteiger partial charge < -0.3 is 14.6 Å². The number of aromatic nitrogens is 3. The molecular weight excluding hydrogens is 414 g/mol. The van der Waals surface area contributed by atoms with E-state index in [-0.39, 0.29) is 12.2 Å². The Balaban J connectivity index is 1.19. The number of benzene rings is 1. The second kappa shape index (κ2) is 8.08. The van der Waals surface area contributed by atoms with Gasteiger partial charge in [-0.05, 0) is 47.9 Å². The zero-order chi connectivity index (χ0) is 22.3. The molecule has 7 heteroatoms. The van der Waals surface area contributed by atoms with E-state index in [0.717, 1.165) is 54.0 Å². The molecule has 0 amide bonds. The molecule has 2 saturated heterocycles. The van der Waals surface area contributed by atoms with E-state index in [1.807, 2.05) is 36.5 Å². The highest BCUT2D eigenvalue weighted by atomic mass is 16.3. The molecule has 0 aliphatic carbocycles. The molecule has 33 heavy (non-hydrogen) atoms. The van der Waals surface area contributed by atoms with Gasteiger partial charge in [-0.1, -0.05) is 12.1 Å². The fourth-order valence-electron chi connectivity index (χ4n) is 4.87. The molecule has 5 heterocycles. The average molecular weight is 440 g/mol. The van der Waals surface area contributed by atoms with E-state index < -0.39 is 0 Å². The minimum Gasteiger partial charge on any atom is -0.444 e. The Morgan fingerprint density at radius 3 is 2.67 bits per heavy atom. The Labute approximate surface area is 191 Å². The summed E-state index contributed by atoms with van der Waals surface area (Å²) in [4.78, 5) is 28.4. The third kappa shape index (κ3) is 3.89. The summed E-state index contributed by atoms with van der Waals surface area (Å²) in [5.74, 6) is 1.66. The van der Waals surface area contributed by atoms with E-state index >= 15 is 0 Å². The molecule has 2 fully saturated rings. The number of carbonyl (C=O) groups is 1. The van der Waals surface area contributed by atoms with Crippen molar-refractivity contribution in [2.24, 2.45) is 5.41 Å². The number of Topliss-reactive ketones (excluding diaryl/α,β-unsaturated/α-hetero) is 1. The van der Waals surface area contributed by atoms with Crippen molar-refractivity contribution in [3.05, 3.63) is 72.6 Å². The molecule has 3 aromatic heterocycles. The molecule has 166 valence electrons. The van der Waals surface area contributed by atoms with Crippen LogP contribution in [0.25, 0.3) is 22.1 Å². The number of hydrogen-bond acceptors (Lipinski definition) is 7. The van der Waals surface area contributed by atoms with Gasteiger partial charge in [0.15, 0.2) is 17.9 Å². The predicted octanol–water partition coefficient (Wildman–Crippen LogP) is 3.90. The van der Waals surface area contributed by atoms with Gasteiger partial charge in [0.25, 0.3) is 0 Å². The topological polar surface area (TPSA) is 84.1 Å². The minimum atomic E-state index is 0.0496. The highest BCUT2D eigenvalue weighted by Crippen LogP contribution is 2.36. The predicted molar refractivity (Wildman–Crippen MR) is 126 cm³/mol. The quantitative estimate of drug-likeness (QED) is 0.472. The SMILES string of the molecule is O=C(Cc1cc2cc(-c3cnco3)ccc2cn1)c1ccnc(N2CCC3(CC2)CNC3)c1. The summed E-state index contributed by atoms with van der Waals surface area (Å²) < 4.78 is 5.41. The van der Waals surface area contributed by atoms with Crippen LogP contribution in [-0.4, -0.2) is 46.9 Å². The number of ketones is 1. The number of nitrogens with zero attached hydrogens (tertiary/aromatic N) is 4. The number of anilines is 1. The molecule has 2 aliphatic rings. The summed E-state index contributed by atoms with van der Waals surface area (Å²) in [5, 5.41) is 5.44. The standard InChI is InChI=1S/C26H25N5O2/c32-23(18-3-6-29-25(11-18)31-7-4-26(5-8-31)15-28-16-26)12-22-10-21-9-19(24-14-27-17-33-24)1-2-20(21)13-30-22/h1-3,6,9-11,13-14,17,28H,4-5,7-8,12,15-16H2. The molecular formula is C26H25N5O2. The van der Waals surface area contributed by atoms with Crippen LogP contribution in [0.1, 0.15) is 28.9 Å². The number of fused-ring (bicyclic) bond motifs is 1. The maximum Gasteiger partial charge on any atom is 0.181 e. The summed E-state index contributed by atoms with van der Waals surface area (Å²) >= 11 is 0. The van der Waals surface area contributed by atoms with Gasteiger partial charge in [0.05, 0.1) is 12.6 Å². The average Bonchev–Trinajstić information content (AvgIpc) is 3.38. The van der Waals surface area contributed by atoms with E-state index in [9.17, 15) is 4.79 Å². The summed E-state index contributed by atoms with van der Waals surface area (Å²) in [6.45, 7) is 4.25. The Morgan fingerprint density at radius 1 is 1.03 bits per heavy atom. The second-order valence-electron chi connectivity index (χ2n) is 9.20. The van der Waals surface area contributed by atoms with Crippen LogP contribution in [-0.2, 0) is 6.42 Å². The highest BCUT2D eigenvalue weighted by molar-refractivity contribution is 5.98. The van der Waals surface area contributed by atoms with Crippen molar-refractivity contribution in [2.45, 2.75) is 19.3 Å². The van der Waals surface area contributed by atoms with Crippen LogP contribution < -0.4 is 10.2 Å². The van der Waals surface area contributed by atoms with Crippen LogP contribution in [0, 0.1) is 5.41 Å². The molecule has 0 saturated carbocycles. The van der Waals surface area contributed by atoms with Crippen molar-refractivity contribution in [1.82, 2.24) is 20.3 Å². The van der Waals surface area contributed by atoms with Gasteiger partial charge in [-0.15, -0.1) is 0 Å². The van der Waals surface area contributed by atoms with Gasteiger partial charge in [0.2, 0.25) is 0 Å². The lowest BCUT2D eigenvalue weighted by atomic mass is 9.73. The fraction of sp³-hybridized carbons (Fsp3) is 0.308. The molecule has 0 unspecified atom stereocenters. The molecule has 0 radical (unpaired) electrons. The highest BCUT2D eigenvalue weighted by Gasteiger charge is 2.39. The van der Waals surface area contributed by atoms with Crippen molar-refractivity contribution in [1.29, 1.82) is 0 Å². The first kappa shape index (κ1) is 20.1. The smallest absolute Gasteiger partial charge is 0.181 e. The lowest BCUT2D eigenvalue weighted by Gasteiger charge is -2.48. The van der Waals surface area contributed by atoms with Crippen molar-refractivity contribution in [3.63, 3.8) is 0 Å². The van der Waals surface area contributed by atoms with Crippen molar-refractivity contribution in [2.75, 3.05) is 31.1 Å². The molecule has 1 aromatic carbocycles.